The van der Waals surface area contributed by atoms with Crippen LogP contribution >= 0.6 is 23.2 Å². The maximum absolute atomic E-state index is 11.9. The molecule has 2 aromatic carbocycles. The van der Waals surface area contributed by atoms with E-state index in [9.17, 15) is 14.7 Å². The van der Waals surface area contributed by atoms with E-state index in [1.54, 1.807) is 24.2 Å². The fraction of sp³-hybridized carbons (Fsp3) is 0.300. The number of anilines is 1. The van der Waals surface area contributed by atoms with Crippen molar-refractivity contribution in [2.45, 2.75) is 25.3 Å². The summed E-state index contributed by atoms with van der Waals surface area (Å²) in [4.78, 5) is 22.9. The standard InChI is InChI=1S/C20H21Cl2N3O3/c1-24-19(20(27)28)15-6-4-5-14(13-9-8-12(21)11-16(13)22)18(15)25(24)10-3-2-7-17(23)26/h4-6,8-9,11,19H,2-3,7,10H2,1H3,(H2,23,26)(H,27,28). The fourth-order valence-electron chi connectivity index (χ4n) is 3.62. The van der Waals surface area contributed by atoms with Gasteiger partial charge in [-0.05, 0) is 25.0 Å². The van der Waals surface area contributed by atoms with Gasteiger partial charge in [0.25, 0.3) is 0 Å². The first-order valence-corrected chi connectivity index (χ1v) is 9.66. The Morgan fingerprint density at radius 3 is 2.54 bits per heavy atom. The molecule has 8 heteroatoms. The van der Waals surface area contributed by atoms with Gasteiger partial charge in [-0.25, -0.2) is 5.01 Å². The highest BCUT2D eigenvalue weighted by molar-refractivity contribution is 6.36. The maximum atomic E-state index is 11.9. The number of nitrogens with zero attached hydrogens (tertiary/aromatic N) is 2. The molecule has 0 saturated heterocycles. The van der Waals surface area contributed by atoms with E-state index >= 15 is 0 Å². The quantitative estimate of drug-likeness (QED) is 0.656. The topological polar surface area (TPSA) is 86.9 Å². The van der Waals surface area contributed by atoms with Crippen molar-refractivity contribution in [1.82, 2.24) is 5.01 Å². The zero-order valence-corrected chi connectivity index (χ0v) is 16.9. The van der Waals surface area contributed by atoms with Crippen LogP contribution in [0.15, 0.2) is 36.4 Å². The van der Waals surface area contributed by atoms with Crippen molar-refractivity contribution in [1.29, 1.82) is 0 Å². The summed E-state index contributed by atoms with van der Waals surface area (Å²) in [6.45, 7) is 0.558. The molecule has 0 bridgehead atoms. The molecule has 1 aliphatic heterocycles. The lowest BCUT2D eigenvalue weighted by atomic mass is 9.97. The van der Waals surface area contributed by atoms with Crippen molar-refractivity contribution in [2.75, 3.05) is 18.6 Å². The van der Waals surface area contributed by atoms with Gasteiger partial charge in [0, 0.05) is 46.7 Å². The van der Waals surface area contributed by atoms with Gasteiger partial charge in [0.1, 0.15) is 0 Å². The van der Waals surface area contributed by atoms with Crippen molar-refractivity contribution in [3.63, 3.8) is 0 Å². The number of likely N-dealkylation sites (N-methyl/N-ethyl adjacent to an activating group) is 1. The van der Waals surface area contributed by atoms with Crippen molar-refractivity contribution in [2.24, 2.45) is 5.73 Å². The molecule has 2 aromatic rings. The molecule has 1 heterocycles. The molecule has 1 atom stereocenters. The number of carbonyl (C=O) groups is 2. The third-order valence-electron chi connectivity index (χ3n) is 4.87. The second-order valence-electron chi connectivity index (χ2n) is 6.73. The smallest absolute Gasteiger partial charge is 0.327 e. The van der Waals surface area contributed by atoms with Gasteiger partial charge in [0.2, 0.25) is 5.91 Å². The van der Waals surface area contributed by atoms with E-state index in [1.165, 1.54) is 0 Å². The Bertz CT molecular complexity index is 920. The molecule has 0 spiro atoms. The van der Waals surface area contributed by atoms with Crippen LogP contribution in [0, 0.1) is 0 Å². The highest BCUT2D eigenvalue weighted by atomic mass is 35.5. The first-order chi connectivity index (χ1) is 13.3. The number of para-hydroxylation sites is 1. The Morgan fingerprint density at radius 2 is 1.89 bits per heavy atom. The van der Waals surface area contributed by atoms with Crippen molar-refractivity contribution >= 4 is 40.8 Å². The number of carbonyl (C=O) groups excluding carboxylic acids is 1. The number of amides is 1. The minimum atomic E-state index is -0.928. The van der Waals surface area contributed by atoms with Crippen LogP contribution in [0.1, 0.15) is 30.9 Å². The number of carboxylic acid groups (broad SMARTS) is 1. The Labute approximate surface area is 173 Å². The summed E-state index contributed by atoms with van der Waals surface area (Å²) in [6, 6.07) is 10.0. The lowest BCUT2D eigenvalue weighted by Gasteiger charge is -2.30. The van der Waals surface area contributed by atoms with Gasteiger partial charge in [-0.15, -0.1) is 0 Å². The number of nitrogens with two attached hydrogens (primary N) is 1. The first-order valence-electron chi connectivity index (χ1n) is 8.91. The molecule has 1 amide bonds. The second-order valence-corrected chi connectivity index (χ2v) is 7.57. The number of fused-ring (bicyclic) bond motifs is 1. The van der Waals surface area contributed by atoms with E-state index in [0.29, 0.717) is 41.4 Å². The van der Waals surface area contributed by atoms with Gasteiger partial charge in [0.15, 0.2) is 6.04 Å². The zero-order valence-electron chi connectivity index (χ0n) is 15.4. The molecule has 0 fully saturated rings. The highest BCUT2D eigenvalue weighted by Crippen LogP contribution is 2.46. The number of rotatable bonds is 7. The van der Waals surface area contributed by atoms with Crippen LogP contribution in [0.25, 0.3) is 11.1 Å². The number of carboxylic acids is 1. The Morgan fingerprint density at radius 1 is 1.14 bits per heavy atom. The maximum Gasteiger partial charge on any atom is 0.327 e. The van der Waals surface area contributed by atoms with Crippen LogP contribution in [-0.2, 0) is 9.59 Å². The third kappa shape index (κ3) is 3.94. The first kappa shape index (κ1) is 20.5. The third-order valence-corrected chi connectivity index (χ3v) is 5.42. The molecular formula is C20H21Cl2N3O3. The lowest BCUT2D eigenvalue weighted by molar-refractivity contribution is -0.142. The molecule has 0 radical (unpaired) electrons. The molecule has 0 aliphatic carbocycles. The normalized spacial score (nSPS) is 16.2. The molecule has 148 valence electrons. The second kappa shape index (κ2) is 8.39. The molecule has 3 N–H and O–H groups in total. The van der Waals surface area contributed by atoms with E-state index in [2.05, 4.69) is 0 Å². The minimum absolute atomic E-state index is 0.303. The summed E-state index contributed by atoms with van der Waals surface area (Å²) in [5.74, 6) is -1.27. The summed E-state index contributed by atoms with van der Waals surface area (Å²) >= 11 is 12.5. The van der Waals surface area contributed by atoms with Crippen molar-refractivity contribution < 1.29 is 14.7 Å². The number of benzene rings is 2. The van der Waals surface area contributed by atoms with E-state index in [1.807, 2.05) is 29.3 Å². The van der Waals surface area contributed by atoms with Crippen LogP contribution in [-0.4, -0.2) is 35.6 Å². The molecule has 0 saturated carbocycles. The zero-order chi connectivity index (χ0) is 20.4. The van der Waals surface area contributed by atoms with Gasteiger partial charge >= 0.3 is 5.97 Å². The van der Waals surface area contributed by atoms with Gasteiger partial charge in [-0.3, -0.25) is 9.59 Å². The van der Waals surface area contributed by atoms with Crippen molar-refractivity contribution in [3.8, 4) is 11.1 Å². The minimum Gasteiger partial charge on any atom is -0.480 e. The predicted molar refractivity (Wildman–Crippen MR) is 110 cm³/mol. The number of halogens is 2. The Balaban J connectivity index is 2.04. The van der Waals surface area contributed by atoms with E-state index in [0.717, 1.165) is 16.8 Å². The van der Waals surface area contributed by atoms with E-state index < -0.39 is 12.0 Å². The monoisotopic (exact) mass is 421 g/mol. The van der Waals surface area contributed by atoms with Crippen LogP contribution in [0.4, 0.5) is 5.69 Å². The number of hydrazine groups is 1. The van der Waals surface area contributed by atoms with Crippen LogP contribution in [0.5, 0.6) is 0 Å². The van der Waals surface area contributed by atoms with Gasteiger partial charge in [-0.1, -0.05) is 47.5 Å². The van der Waals surface area contributed by atoms with Gasteiger partial charge in [-0.2, -0.15) is 0 Å². The molecule has 1 unspecified atom stereocenters. The molecular weight excluding hydrogens is 401 g/mol. The largest absolute Gasteiger partial charge is 0.480 e. The molecule has 0 aromatic heterocycles. The number of aliphatic carboxylic acids is 1. The highest BCUT2D eigenvalue weighted by Gasteiger charge is 2.40. The predicted octanol–water partition coefficient (Wildman–Crippen LogP) is 4.11. The lowest BCUT2D eigenvalue weighted by Crippen LogP contribution is -2.40. The summed E-state index contributed by atoms with van der Waals surface area (Å²) in [5, 5.41) is 14.5. The van der Waals surface area contributed by atoms with E-state index in [-0.39, 0.29) is 5.91 Å². The molecule has 28 heavy (non-hydrogen) atoms. The number of hydrogen-bond donors (Lipinski definition) is 2. The summed E-state index contributed by atoms with van der Waals surface area (Å²) in [6.07, 6.45) is 1.63. The number of unbranched alkanes of at least 4 members (excludes halogenated alkanes) is 1. The fourth-order valence-corrected chi connectivity index (χ4v) is 4.13. The summed E-state index contributed by atoms with van der Waals surface area (Å²) in [7, 11) is 1.75. The Kier molecular flexibility index (Phi) is 6.13. The SMILES string of the molecule is CN1C(C(=O)O)c2cccc(-c3ccc(Cl)cc3Cl)c2N1CCCCC(N)=O. The number of primary amides is 1. The molecule has 1 aliphatic rings. The molecule has 3 rings (SSSR count). The molecule has 6 nitrogen and oxygen atoms in total. The Hall–Kier alpha value is -2.28. The van der Waals surface area contributed by atoms with Gasteiger partial charge in [0.05, 0.1) is 5.69 Å². The van der Waals surface area contributed by atoms with Crippen LogP contribution in [0.3, 0.4) is 0 Å². The summed E-state index contributed by atoms with van der Waals surface area (Å²) in [5.41, 5.74) is 8.34. The van der Waals surface area contributed by atoms with Crippen LogP contribution in [0.2, 0.25) is 10.0 Å². The average molecular weight is 422 g/mol. The van der Waals surface area contributed by atoms with Crippen molar-refractivity contribution in [3.05, 3.63) is 52.0 Å². The van der Waals surface area contributed by atoms with E-state index in [4.69, 9.17) is 28.9 Å². The average Bonchev–Trinajstić information content (AvgIpc) is 2.90. The van der Waals surface area contributed by atoms with Gasteiger partial charge < -0.3 is 15.8 Å². The summed E-state index contributed by atoms with van der Waals surface area (Å²) < 4.78 is 0. The van der Waals surface area contributed by atoms with Crippen LogP contribution < -0.4 is 10.7 Å². The number of hydrogen-bond acceptors (Lipinski definition) is 4.